The Balaban J connectivity index is 2.13. The second kappa shape index (κ2) is 7.42. The molecule has 0 aromatic carbocycles. The van der Waals surface area contributed by atoms with E-state index in [1.54, 1.807) is 13.3 Å². The van der Waals surface area contributed by atoms with Crippen molar-refractivity contribution in [2.24, 2.45) is 0 Å². The van der Waals surface area contributed by atoms with Crippen molar-refractivity contribution in [2.45, 2.75) is 13.5 Å². The van der Waals surface area contributed by atoms with E-state index in [1.165, 1.54) is 0 Å². The lowest BCUT2D eigenvalue weighted by atomic mass is 10.3. The lowest BCUT2D eigenvalue weighted by Crippen LogP contribution is -2.19. The van der Waals surface area contributed by atoms with E-state index in [-0.39, 0.29) is 0 Å². The van der Waals surface area contributed by atoms with Crippen molar-refractivity contribution in [1.82, 2.24) is 20.3 Å². The molecular formula is C14H17BrN4O. The average molecular weight is 337 g/mol. The summed E-state index contributed by atoms with van der Waals surface area (Å²) < 4.78 is 5.94. The zero-order valence-electron chi connectivity index (χ0n) is 11.6. The molecule has 1 N–H and O–H groups in total. The summed E-state index contributed by atoms with van der Waals surface area (Å²) in [4.78, 5) is 13.3. The van der Waals surface area contributed by atoms with Crippen LogP contribution in [0.5, 0.6) is 0 Å². The van der Waals surface area contributed by atoms with Crippen LogP contribution in [0.1, 0.15) is 11.4 Å². The first-order valence-corrected chi connectivity index (χ1v) is 7.14. The molecule has 2 aromatic heterocycles. The maximum Gasteiger partial charge on any atom is 0.178 e. The second-order valence-corrected chi connectivity index (χ2v) is 5.27. The Hall–Kier alpha value is -1.37. The number of nitrogens with one attached hydrogen (secondary N) is 1. The van der Waals surface area contributed by atoms with Crippen LogP contribution in [0.15, 0.2) is 28.9 Å². The number of nitrogens with zero attached hydrogens (tertiary/aromatic N) is 3. The van der Waals surface area contributed by atoms with Gasteiger partial charge < -0.3 is 10.1 Å². The van der Waals surface area contributed by atoms with Crippen molar-refractivity contribution >= 4 is 15.9 Å². The minimum absolute atomic E-state index is 0.654. The zero-order valence-corrected chi connectivity index (χ0v) is 13.1. The summed E-state index contributed by atoms with van der Waals surface area (Å²) in [6.45, 7) is 4.13. The van der Waals surface area contributed by atoms with Gasteiger partial charge in [-0.2, -0.15) is 0 Å². The molecular weight excluding hydrogens is 320 g/mol. The smallest absolute Gasteiger partial charge is 0.178 e. The minimum atomic E-state index is 0.654. The van der Waals surface area contributed by atoms with Gasteiger partial charge in [0.2, 0.25) is 0 Å². The first-order valence-electron chi connectivity index (χ1n) is 6.35. The Labute approximate surface area is 127 Å². The monoisotopic (exact) mass is 336 g/mol. The van der Waals surface area contributed by atoms with Gasteiger partial charge in [0.1, 0.15) is 5.69 Å². The zero-order chi connectivity index (χ0) is 14.4. The Morgan fingerprint density at radius 1 is 1.30 bits per heavy atom. The summed E-state index contributed by atoms with van der Waals surface area (Å²) >= 11 is 3.37. The predicted octanol–water partition coefficient (Wildman–Crippen LogP) is 2.35. The van der Waals surface area contributed by atoms with Crippen LogP contribution in [0.3, 0.4) is 0 Å². The minimum Gasteiger partial charge on any atom is -0.383 e. The van der Waals surface area contributed by atoms with Crippen molar-refractivity contribution < 1.29 is 4.74 Å². The van der Waals surface area contributed by atoms with Crippen molar-refractivity contribution in [2.75, 3.05) is 20.3 Å². The van der Waals surface area contributed by atoms with Crippen LogP contribution in [-0.2, 0) is 11.3 Å². The summed E-state index contributed by atoms with van der Waals surface area (Å²) in [5.74, 6) is 0.654. The van der Waals surface area contributed by atoms with Crippen LogP contribution in [0.2, 0.25) is 0 Å². The Morgan fingerprint density at radius 2 is 2.15 bits per heavy atom. The van der Waals surface area contributed by atoms with Crippen LogP contribution in [0.4, 0.5) is 0 Å². The van der Waals surface area contributed by atoms with Crippen molar-refractivity contribution in [3.8, 4) is 11.5 Å². The molecule has 0 unspecified atom stereocenters. The van der Waals surface area contributed by atoms with Crippen LogP contribution < -0.4 is 5.32 Å². The summed E-state index contributed by atoms with van der Waals surface area (Å²) in [5.41, 5.74) is 2.66. The fraction of sp³-hybridized carbons (Fsp3) is 0.357. The van der Waals surface area contributed by atoms with Gasteiger partial charge in [-0.05, 0) is 41.1 Å². The van der Waals surface area contributed by atoms with Gasteiger partial charge in [0.15, 0.2) is 5.82 Å². The van der Waals surface area contributed by atoms with Gasteiger partial charge in [-0.1, -0.05) is 0 Å². The molecule has 0 bridgehead atoms. The van der Waals surface area contributed by atoms with E-state index in [2.05, 4.69) is 36.2 Å². The maximum atomic E-state index is 5.00. The SMILES string of the molecule is COCCNCc1cc(C)nc(-c2ccc(Br)cn2)n1. The van der Waals surface area contributed by atoms with E-state index >= 15 is 0 Å². The Bertz CT molecular complexity index is 560. The molecule has 0 aliphatic heterocycles. The van der Waals surface area contributed by atoms with E-state index < -0.39 is 0 Å². The molecule has 0 fully saturated rings. The van der Waals surface area contributed by atoms with Crippen LogP contribution >= 0.6 is 15.9 Å². The maximum absolute atomic E-state index is 5.00. The number of hydrogen-bond acceptors (Lipinski definition) is 5. The van der Waals surface area contributed by atoms with Gasteiger partial charge in [-0.25, -0.2) is 9.97 Å². The number of ether oxygens (including phenoxy) is 1. The summed E-state index contributed by atoms with van der Waals surface area (Å²) in [5, 5.41) is 3.27. The number of halogens is 1. The molecule has 106 valence electrons. The number of methoxy groups -OCH3 is 1. The molecule has 0 aliphatic carbocycles. The summed E-state index contributed by atoms with van der Waals surface area (Å²) in [7, 11) is 1.69. The molecule has 20 heavy (non-hydrogen) atoms. The van der Waals surface area contributed by atoms with Crippen molar-refractivity contribution in [3.63, 3.8) is 0 Å². The number of rotatable bonds is 6. The summed E-state index contributed by atoms with van der Waals surface area (Å²) in [6, 6.07) is 5.81. The first-order chi connectivity index (χ1) is 9.69. The molecule has 0 saturated heterocycles. The van der Waals surface area contributed by atoms with Crippen molar-refractivity contribution in [3.05, 3.63) is 40.3 Å². The van der Waals surface area contributed by atoms with E-state index in [9.17, 15) is 0 Å². The molecule has 0 aliphatic rings. The third kappa shape index (κ3) is 4.33. The largest absolute Gasteiger partial charge is 0.383 e. The summed E-state index contributed by atoms with van der Waals surface area (Å²) in [6.07, 6.45) is 1.75. The van der Waals surface area contributed by atoms with E-state index in [4.69, 9.17) is 4.74 Å². The molecule has 0 saturated carbocycles. The van der Waals surface area contributed by atoms with Gasteiger partial charge in [0.25, 0.3) is 0 Å². The van der Waals surface area contributed by atoms with Gasteiger partial charge in [-0.3, -0.25) is 4.98 Å². The second-order valence-electron chi connectivity index (χ2n) is 4.36. The van der Waals surface area contributed by atoms with E-state index in [0.717, 1.165) is 28.1 Å². The van der Waals surface area contributed by atoms with Crippen molar-refractivity contribution in [1.29, 1.82) is 0 Å². The highest BCUT2D eigenvalue weighted by atomic mass is 79.9. The highest BCUT2D eigenvalue weighted by Gasteiger charge is 2.06. The topological polar surface area (TPSA) is 59.9 Å². The van der Waals surface area contributed by atoms with Gasteiger partial charge in [-0.15, -0.1) is 0 Å². The molecule has 0 radical (unpaired) electrons. The molecule has 2 aromatic rings. The Kier molecular flexibility index (Phi) is 5.58. The third-order valence-electron chi connectivity index (χ3n) is 2.65. The number of aryl methyl sites for hydroxylation is 1. The first kappa shape index (κ1) is 15.0. The van der Waals surface area contributed by atoms with Gasteiger partial charge in [0, 0.05) is 36.6 Å². The fourth-order valence-corrected chi connectivity index (χ4v) is 1.97. The van der Waals surface area contributed by atoms with E-state index in [0.29, 0.717) is 19.0 Å². The number of aromatic nitrogens is 3. The molecule has 2 heterocycles. The standard InChI is InChI=1S/C14H17BrN4O/c1-10-7-12(9-16-5-6-20-2)19-14(18-10)13-4-3-11(15)8-17-13/h3-4,7-8,16H,5-6,9H2,1-2H3. The lowest BCUT2D eigenvalue weighted by Gasteiger charge is -2.07. The van der Waals surface area contributed by atoms with Crippen LogP contribution in [0, 0.1) is 6.92 Å². The molecule has 0 atom stereocenters. The highest BCUT2D eigenvalue weighted by molar-refractivity contribution is 9.10. The highest BCUT2D eigenvalue weighted by Crippen LogP contribution is 2.16. The molecule has 0 amide bonds. The van der Waals surface area contributed by atoms with Gasteiger partial charge >= 0.3 is 0 Å². The molecule has 6 heteroatoms. The van der Waals surface area contributed by atoms with Crippen LogP contribution in [-0.4, -0.2) is 35.2 Å². The molecule has 0 spiro atoms. The third-order valence-corrected chi connectivity index (χ3v) is 3.12. The normalized spacial score (nSPS) is 10.8. The molecule has 5 nitrogen and oxygen atoms in total. The van der Waals surface area contributed by atoms with Gasteiger partial charge in [0.05, 0.1) is 12.3 Å². The molecule has 2 rings (SSSR count). The predicted molar refractivity (Wildman–Crippen MR) is 81.3 cm³/mol. The lowest BCUT2D eigenvalue weighted by molar-refractivity contribution is 0.199. The van der Waals surface area contributed by atoms with E-state index in [1.807, 2.05) is 25.1 Å². The number of hydrogen-bond donors (Lipinski definition) is 1. The quantitative estimate of drug-likeness (QED) is 0.820. The Morgan fingerprint density at radius 3 is 2.85 bits per heavy atom. The fourth-order valence-electron chi connectivity index (χ4n) is 1.74. The average Bonchev–Trinajstić information content (AvgIpc) is 2.44. The number of pyridine rings is 1. The van der Waals surface area contributed by atoms with Crippen LogP contribution in [0.25, 0.3) is 11.5 Å².